The van der Waals surface area contributed by atoms with E-state index in [0.717, 1.165) is 5.57 Å². The average molecular weight is 276 g/mol. The van der Waals surface area contributed by atoms with E-state index in [-0.39, 0.29) is 24.8 Å². The topological polar surface area (TPSA) is 69.7 Å². The average Bonchev–Trinajstić information content (AvgIpc) is 2.97. The number of carbonyl (C=O) groups excluding carboxylic acids is 3. The van der Waals surface area contributed by atoms with Crippen molar-refractivity contribution in [1.29, 1.82) is 0 Å². The Morgan fingerprint density at radius 3 is 2.60 bits per heavy atom. The number of cyclic esters (lactones) is 1. The van der Waals surface area contributed by atoms with E-state index in [1.165, 1.54) is 0 Å². The van der Waals surface area contributed by atoms with Gasteiger partial charge in [0.15, 0.2) is 5.78 Å². The number of hydrogen-bond donors (Lipinski definition) is 0. The van der Waals surface area contributed by atoms with Crippen LogP contribution in [0.1, 0.15) is 33.1 Å². The molecule has 106 valence electrons. The van der Waals surface area contributed by atoms with Gasteiger partial charge in [-0.05, 0) is 19.8 Å². The molecule has 2 saturated heterocycles. The summed E-state index contributed by atoms with van der Waals surface area (Å²) in [6.45, 7) is 7.62. The first-order valence-corrected chi connectivity index (χ1v) is 6.88. The summed E-state index contributed by atoms with van der Waals surface area (Å²) < 4.78 is 10.9. The van der Waals surface area contributed by atoms with Gasteiger partial charge in [-0.3, -0.25) is 14.4 Å². The number of ether oxygens (including phenoxy) is 2. The quantitative estimate of drug-likeness (QED) is 0.377. The van der Waals surface area contributed by atoms with Crippen LogP contribution in [0.25, 0.3) is 0 Å². The van der Waals surface area contributed by atoms with Gasteiger partial charge in [0.05, 0.1) is 11.8 Å². The van der Waals surface area contributed by atoms with Gasteiger partial charge in [0.2, 0.25) is 0 Å². The Bertz CT molecular complexity index is 622. The highest BCUT2D eigenvalue weighted by Crippen LogP contribution is 2.77. The fourth-order valence-electron chi connectivity index (χ4n) is 5.19. The molecule has 5 heteroatoms. The maximum atomic E-state index is 13.2. The van der Waals surface area contributed by atoms with Gasteiger partial charge in [-0.15, -0.1) is 0 Å². The van der Waals surface area contributed by atoms with Gasteiger partial charge < -0.3 is 9.47 Å². The molecule has 0 amide bonds. The summed E-state index contributed by atoms with van der Waals surface area (Å²) in [7, 11) is 0. The van der Waals surface area contributed by atoms with E-state index >= 15 is 0 Å². The van der Waals surface area contributed by atoms with Crippen LogP contribution >= 0.6 is 0 Å². The summed E-state index contributed by atoms with van der Waals surface area (Å²) in [5, 5.41) is 0. The molecule has 20 heavy (non-hydrogen) atoms. The van der Waals surface area contributed by atoms with Crippen molar-refractivity contribution in [2.24, 2.45) is 16.2 Å². The zero-order chi connectivity index (χ0) is 14.6. The van der Waals surface area contributed by atoms with Gasteiger partial charge >= 0.3 is 11.9 Å². The molecule has 5 nitrogen and oxygen atoms in total. The van der Waals surface area contributed by atoms with Crippen LogP contribution in [0.4, 0.5) is 0 Å². The standard InChI is InChI=1S/C15H16O5/c1-8-4-5-15-12(2)7-19-11(18)13(12,3)10(17)14(8,15)6-9(16)20-15/h1,4-7H2,2-3H3/t12-,13+,14?,15?/m1/s1. The van der Waals surface area contributed by atoms with Crippen LogP contribution in [0.3, 0.4) is 0 Å². The Balaban J connectivity index is 2.08. The van der Waals surface area contributed by atoms with Crippen LogP contribution in [0.2, 0.25) is 0 Å². The minimum atomic E-state index is -1.24. The van der Waals surface area contributed by atoms with E-state index in [2.05, 4.69) is 6.58 Å². The van der Waals surface area contributed by atoms with Crippen molar-refractivity contribution in [2.75, 3.05) is 6.61 Å². The van der Waals surface area contributed by atoms with E-state index in [4.69, 9.17) is 9.47 Å². The van der Waals surface area contributed by atoms with Crippen LogP contribution < -0.4 is 0 Å². The number of ketones is 1. The van der Waals surface area contributed by atoms with Crippen molar-refractivity contribution < 1.29 is 23.9 Å². The van der Waals surface area contributed by atoms with Gasteiger partial charge in [-0.25, -0.2) is 0 Å². The van der Waals surface area contributed by atoms with Crippen LogP contribution in [0.5, 0.6) is 0 Å². The number of fused-ring (bicyclic) bond motifs is 1. The number of hydrogen-bond acceptors (Lipinski definition) is 5. The molecule has 2 unspecified atom stereocenters. The summed E-state index contributed by atoms with van der Waals surface area (Å²) in [6, 6.07) is 0. The zero-order valence-corrected chi connectivity index (χ0v) is 11.6. The first kappa shape index (κ1) is 12.1. The highest BCUT2D eigenvalue weighted by molar-refractivity contribution is 6.15. The van der Waals surface area contributed by atoms with Gasteiger partial charge in [0.1, 0.15) is 23.0 Å². The molecule has 2 saturated carbocycles. The molecular weight excluding hydrogens is 260 g/mol. The normalized spacial score (nSPS) is 52.7. The van der Waals surface area contributed by atoms with E-state index in [1.54, 1.807) is 6.92 Å². The van der Waals surface area contributed by atoms with Crippen molar-refractivity contribution in [2.45, 2.75) is 38.7 Å². The van der Waals surface area contributed by atoms with E-state index in [1.807, 2.05) is 6.92 Å². The minimum absolute atomic E-state index is 0.0170. The van der Waals surface area contributed by atoms with Crippen LogP contribution in [-0.4, -0.2) is 29.9 Å². The summed E-state index contributed by atoms with van der Waals surface area (Å²) >= 11 is 0. The molecule has 0 bridgehead atoms. The van der Waals surface area contributed by atoms with Crippen molar-refractivity contribution in [3.05, 3.63) is 12.2 Å². The Morgan fingerprint density at radius 1 is 1.20 bits per heavy atom. The molecule has 2 aliphatic carbocycles. The first-order chi connectivity index (χ1) is 9.26. The van der Waals surface area contributed by atoms with Crippen molar-refractivity contribution >= 4 is 17.7 Å². The fraction of sp³-hybridized carbons (Fsp3) is 0.667. The Morgan fingerprint density at radius 2 is 1.90 bits per heavy atom. The van der Waals surface area contributed by atoms with Crippen LogP contribution in [0.15, 0.2) is 12.2 Å². The minimum Gasteiger partial charge on any atom is -0.464 e. The van der Waals surface area contributed by atoms with Crippen LogP contribution in [-0.2, 0) is 23.9 Å². The monoisotopic (exact) mass is 276 g/mol. The highest BCUT2D eigenvalue weighted by atomic mass is 16.6. The number of rotatable bonds is 0. The maximum Gasteiger partial charge on any atom is 0.320 e. The molecule has 0 aromatic carbocycles. The Labute approximate surface area is 116 Å². The highest BCUT2D eigenvalue weighted by Gasteiger charge is 2.90. The molecule has 0 spiro atoms. The molecule has 0 radical (unpaired) electrons. The lowest BCUT2D eigenvalue weighted by Crippen LogP contribution is -2.52. The molecule has 2 aliphatic heterocycles. The second-order valence-electron chi connectivity index (χ2n) is 6.85. The lowest BCUT2D eigenvalue weighted by molar-refractivity contribution is -0.166. The molecule has 2 heterocycles. The van der Waals surface area contributed by atoms with E-state index in [0.29, 0.717) is 12.8 Å². The second kappa shape index (κ2) is 2.85. The predicted molar refractivity (Wildman–Crippen MR) is 66.4 cm³/mol. The van der Waals surface area contributed by atoms with Crippen molar-refractivity contribution in [1.82, 2.24) is 0 Å². The SMILES string of the molecule is C=C1CCC23OC(=O)CC12C(=O)[C@@]1(C)C(=O)OC[C@@]31C. The predicted octanol–water partition coefficient (Wildman–Crippen LogP) is 1.16. The fourth-order valence-corrected chi connectivity index (χ4v) is 5.19. The van der Waals surface area contributed by atoms with Gasteiger partial charge in [0, 0.05) is 0 Å². The maximum absolute atomic E-state index is 13.2. The summed E-state index contributed by atoms with van der Waals surface area (Å²) in [5.41, 5.74) is -3.28. The number of carbonyl (C=O) groups is 3. The van der Waals surface area contributed by atoms with E-state index < -0.39 is 27.8 Å². The molecule has 0 aromatic heterocycles. The molecule has 0 N–H and O–H groups in total. The Kier molecular flexibility index (Phi) is 1.73. The second-order valence-corrected chi connectivity index (χ2v) is 6.85. The molecule has 4 rings (SSSR count). The van der Waals surface area contributed by atoms with E-state index in [9.17, 15) is 14.4 Å². The third-order valence-corrected chi connectivity index (χ3v) is 6.51. The molecular formula is C15H16O5. The Hall–Kier alpha value is -1.65. The number of esters is 2. The number of Topliss-reactive ketones (excluding diaryl/α,β-unsaturated/α-hetero) is 1. The first-order valence-electron chi connectivity index (χ1n) is 6.88. The smallest absolute Gasteiger partial charge is 0.320 e. The summed E-state index contributed by atoms with van der Waals surface area (Å²) in [6.07, 6.45) is 1.22. The zero-order valence-electron chi connectivity index (χ0n) is 11.6. The van der Waals surface area contributed by atoms with Gasteiger partial charge in [-0.1, -0.05) is 19.1 Å². The third kappa shape index (κ3) is 0.757. The largest absolute Gasteiger partial charge is 0.464 e. The van der Waals surface area contributed by atoms with Gasteiger partial charge in [-0.2, -0.15) is 0 Å². The molecule has 4 fully saturated rings. The van der Waals surface area contributed by atoms with Crippen molar-refractivity contribution in [3.8, 4) is 0 Å². The molecule has 4 aliphatic rings. The third-order valence-electron chi connectivity index (χ3n) is 6.51. The van der Waals surface area contributed by atoms with Crippen molar-refractivity contribution in [3.63, 3.8) is 0 Å². The summed E-state index contributed by atoms with van der Waals surface area (Å²) in [4.78, 5) is 37.3. The van der Waals surface area contributed by atoms with Crippen LogP contribution in [0, 0.1) is 16.2 Å². The molecule has 4 atom stereocenters. The van der Waals surface area contributed by atoms with Gasteiger partial charge in [0.25, 0.3) is 0 Å². The lowest BCUT2D eigenvalue weighted by Gasteiger charge is -2.41. The molecule has 0 aromatic rings. The lowest BCUT2D eigenvalue weighted by atomic mass is 9.63. The summed E-state index contributed by atoms with van der Waals surface area (Å²) in [5.74, 6) is -1.10.